The zero-order valence-corrected chi connectivity index (χ0v) is 19.4. The maximum atomic E-state index is 13.1. The second-order valence-corrected chi connectivity index (χ2v) is 8.91. The lowest BCUT2D eigenvalue weighted by Crippen LogP contribution is -2.47. The van der Waals surface area contributed by atoms with E-state index in [0.717, 1.165) is 23.3 Å². The molecule has 0 heterocycles. The summed E-state index contributed by atoms with van der Waals surface area (Å²) < 4.78 is 0. The fraction of sp³-hybridized carbons (Fsp3) is 0.440. The number of hydrogen-bond donors (Lipinski definition) is 1. The van der Waals surface area contributed by atoms with Crippen LogP contribution in [0.3, 0.4) is 0 Å². The summed E-state index contributed by atoms with van der Waals surface area (Å²) in [5.41, 5.74) is 3.44. The van der Waals surface area contributed by atoms with Crippen LogP contribution < -0.4 is 5.32 Å². The largest absolute Gasteiger partial charge is 0.354 e. The Morgan fingerprint density at radius 3 is 2.20 bits per heavy atom. The molecule has 1 atom stereocenters. The molecule has 2 amide bonds. The molecule has 5 heteroatoms. The van der Waals surface area contributed by atoms with Crippen molar-refractivity contribution in [3.8, 4) is 0 Å². The first-order valence-corrected chi connectivity index (χ1v) is 11.7. The van der Waals surface area contributed by atoms with Gasteiger partial charge in [0.15, 0.2) is 0 Å². The van der Waals surface area contributed by atoms with Crippen LogP contribution in [0.15, 0.2) is 53.4 Å². The van der Waals surface area contributed by atoms with Crippen LogP contribution in [0, 0.1) is 13.8 Å². The second-order valence-electron chi connectivity index (χ2n) is 7.74. The molecule has 0 fully saturated rings. The molecule has 0 aliphatic rings. The fourth-order valence-electron chi connectivity index (χ4n) is 3.04. The van der Waals surface area contributed by atoms with Crippen molar-refractivity contribution >= 4 is 23.6 Å². The summed E-state index contributed by atoms with van der Waals surface area (Å²) in [6.45, 7) is 9.11. The first-order valence-electron chi connectivity index (χ1n) is 10.7. The molecule has 162 valence electrons. The zero-order chi connectivity index (χ0) is 21.9. The molecule has 2 aromatic carbocycles. The highest BCUT2D eigenvalue weighted by molar-refractivity contribution is 7.99. The topological polar surface area (TPSA) is 49.4 Å². The fourth-order valence-corrected chi connectivity index (χ4v) is 3.88. The SMILES string of the molecule is CCCCNC(=O)[C@H](C)N(Cc1ccc(C)cc1)C(=O)CCSc1ccc(C)cc1. The lowest BCUT2D eigenvalue weighted by atomic mass is 10.1. The molecule has 0 spiro atoms. The number of rotatable bonds is 11. The van der Waals surface area contributed by atoms with Gasteiger partial charge in [0.25, 0.3) is 0 Å². The van der Waals surface area contributed by atoms with E-state index in [0.29, 0.717) is 25.3 Å². The number of carbonyl (C=O) groups excluding carboxylic acids is 2. The molecule has 0 aromatic heterocycles. The van der Waals surface area contributed by atoms with Crippen molar-refractivity contribution in [3.63, 3.8) is 0 Å². The molecule has 2 aromatic rings. The van der Waals surface area contributed by atoms with Crippen molar-refractivity contribution in [3.05, 3.63) is 65.2 Å². The Bertz CT molecular complexity index is 803. The van der Waals surface area contributed by atoms with Crippen LogP contribution in [-0.4, -0.2) is 35.1 Å². The van der Waals surface area contributed by atoms with Gasteiger partial charge in [0.1, 0.15) is 6.04 Å². The smallest absolute Gasteiger partial charge is 0.242 e. The Morgan fingerprint density at radius 2 is 1.60 bits per heavy atom. The molecule has 0 bridgehead atoms. The van der Waals surface area contributed by atoms with E-state index in [2.05, 4.69) is 43.4 Å². The lowest BCUT2D eigenvalue weighted by molar-refractivity contribution is -0.140. The quantitative estimate of drug-likeness (QED) is 0.401. The minimum absolute atomic E-state index is 0.00771. The third-order valence-corrected chi connectivity index (χ3v) is 6.09. The maximum Gasteiger partial charge on any atom is 0.242 e. The summed E-state index contributed by atoms with van der Waals surface area (Å²) in [4.78, 5) is 28.6. The molecule has 0 aliphatic heterocycles. The normalized spacial score (nSPS) is 11.7. The molecular weight excluding hydrogens is 392 g/mol. The maximum absolute atomic E-state index is 13.1. The average molecular weight is 427 g/mol. The molecule has 30 heavy (non-hydrogen) atoms. The number of amides is 2. The van der Waals surface area contributed by atoms with Gasteiger partial charge in [-0.1, -0.05) is 60.9 Å². The van der Waals surface area contributed by atoms with Gasteiger partial charge in [-0.15, -0.1) is 11.8 Å². The lowest BCUT2D eigenvalue weighted by Gasteiger charge is -2.29. The first-order chi connectivity index (χ1) is 14.4. The van der Waals surface area contributed by atoms with Crippen LogP contribution in [0.5, 0.6) is 0 Å². The summed E-state index contributed by atoms with van der Waals surface area (Å²) in [7, 11) is 0. The third-order valence-electron chi connectivity index (χ3n) is 5.08. The van der Waals surface area contributed by atoms with E-state index in [1.54, 1.807) is 16.7 Å². The highest BCUT2D eigenvalue weighted by Crippen LogP contribution is 2.20. The highest BCUT2D eigenvalue weighted by Gasteiger charge is 2.25. The van der Waals surface area contributed by atoms with Crippen LogP contribution in [0.25, 0.3) is 0 Å². The number of thioether (sulfide) groups is 1. The Morgan fingerprint density at radius 1 is 1.00 bits per heavy atom. The van der Waals surface area contributed by atoms with Crippen LogP contribution in [-0.2, 0) is 16.1 Å². The number of nitrogens with zero attached hydrogens (tertiary/aromatic N) is 1. The van der Waals surface area contributed by atoms with Crippen LogP contribution in [0.2, 0.25) is 0 Å². The minimum Gasteiger partial charge on any atom is -0.354 e. The Balaban J connectivity index is 2.02. The summed E-state index contributed by atoms with van der Waals surface area (Å²) in [6.07, 6.45) is 2.37. The predicted molar refractivity (Wildman–Crippen MR) is 126 cm³/mol. The average Bonchev–Trinajstić information content (AvgIpc) is 2.74. The molecular formula is C25H34N2O2S. The van der Waals surface area contributed by atoms with E-state index in [9.17, 15) is 9.59 Å². The van der Waals surface area contributed by atoms with Gasteiger partial charge >= 0.3 is 0 Å². The summed E-state index contributed by atoms with van der Waals surface area (Å²) in [6, 6.07) is 16.0. The van der Waals surface area contributed by atoms with Gasteiger partial charge in [-0.3, -0.25) is 9.59 Å². The number of hydrogen-bond acceptors (Lipinski definition) is 3. The molecule has 4 nitrogen and oxygen atoms in total. The number of carbonyl (C=O) groups is 2. The highest BCUT2D eigenvalue weighted by atomic mass is 32.2. The van der Waals surface area contributed by atoms with E-state index in [1.807, 2.05) is 38.1 Å². The number of nitrogens with one attached hydrogen (secondary N) is 1. The standard InChI is InChI=1S/C25H34N2O2S/c1-5-6-16-26-25(29)21(4)27(18-22-11-7-19(2)8-12-22)24(28)15-17-30-23-13-9-20(3)10-14-23/h7-14,21H,5-6,15-18H2,1-4H3,(H,26,29)/t21-/m0/s1. The Labute approximate surface area is 185 Å². The van der Waals surface area contributed by atoms with Crippen molar-refractivity contribution in [1.82, 2.24) is 10.2 Å². The summed E-state index contributed by atoms with van der Waals surface area (Å²) >= 11 is 1.67. The third kappa shape index (κ3) is 7.86. The van der Waals surface area contributed by atoms with Crippen molar-refractivity contribution < 1.29 is 9.59 Å². The Kier molecular flexibility index (Phi) is 9.95. The molecule has 0 saturated carbocycles. The van der Waals surface area contributed by atoms with Crippen molar-refractivity contribution in [2.75, 3.05) is 12.3 Å². The number of aryl methyl sites for hydroxylation is 2. The zero-order valence-electron chi connectivity index (χ0n) is 18.6. The van der Waals surface area contributed by atoms with Crippen molar-refractivity contribution in [2.45, 2.75) is 64.4 Å². The van der Waals surface area contributed by atoms with Gasteiger partial charge < -0.3 is 10.2 Å². The van der Waals surface area contributed by atoms with Crippen LogP contribution >= 0.6 is 11.8 Å². The van der Waals surface area contributed by atoms with E-state index in [1.165, 1.54) is 11.1 Å². The van der Waals surface area contributed by atoms with Gasteiger partial charge in [-0.05, 0) is 44.9 Å². The van der Waals surface area contributed by atoms with Crippen LogP contribution in [0.1, 0.15) is 49.8 Å². The predicted octanol–water partition coefficient (Wildman–Crippen LogP) is 5.12. The first kappa shape index (κ1) is 24.0. The molecule has 0 radical (unpaired) electrons. The van der Waals surface area contributed by atoms with Gasteiger partial charge in [0.05, 0.1) is 0 Å². The van der Waals surface area contributed by atoms with Gasteiger partial charge in [0, 0.05) is 30.2 Å². The van der Waals surface area contributed by atoms with Crippen LogP contribution in [0.4, 0.5) is 0 Å². The van der Waals surface area contributed by atoms with E-state index >= 15 is 0 Å². The molecule has 0 saturated heterocycles. The van der Waals surface area contributed by atoms with Gasteiger partial charge in [-0.2, -0.15) is 0 Å². The second kappa shape index (κ2) is 12.4. The van der Waals surface area contributed by atoms with Gasteiger partial charge in [0.2, 0.25) is 11.8 Å². The van der Waals surface area contributed by atoms with E-state index in [4.69, 9.17) is 0 Å². The van der Waals surface area contributed by atoms with Crippen molar-refractivity contribution in [1.29, 1.82) is 0 Å². The Hall–Kier alpha value is -2.27. The van der Waals surface area contributed by atoms with Gasteiger partial charge in [-0.25, -0.2) is 0 Å². The van der Waals surface area contributed by atoms with E-state index < -0.39 is 6.04 Å². The molecule has 1 N–H and O–H groups in total. The van der Waals surface area contributed by atoms with Crippen molar-refractivity contribution in [2.24, 2.45) is 0 Å². The van der Waals surface area contributed by atoms with E-state index in [-0.39, 0.29) is 11.8 Å². The minimum atomic E-state index is -0.500. The number of unbranched alkanes of at least 4 members (excludes halogenated alkanes) is 1. The molecule has 2 rings (SSSR count). The monoisotopic (exact) mass is 426 g/mol. The summed E-state index contributed by atoms with van der Waals surface area (Å²) in [5.74, 6) is 0.611. The molecule has 0 aliphatic carbocycles. The summed E-state index contributed by atoms with van der Waals surface area (Å²) in [5, 5.41) is 2.96. The number of benzene rings is 2. The molecule has 0 unspecified atom stereocenters.